The molecular weight excluding hydrogens is 308 g/mol. The van der Waals surface area contributed by atoms with E-state index in [1.807, 2.05) is 25.1 Å². The molecule has 0 fully saturated rings. The van der Waals surface area contributed by atoms with Crippen molar-refractivity contribution in [3.8, 4) is 5.75 Å². The van der Waals surface area contributed by atoms with Gasteiger partial charge < -0.3 is 14.5 Å². The van der Waals surface area contributed by atoms with Crippen molar-refractivity contribution in [2.75, 3.05) is 6.61 Å². The fraction of sp³-hybridized carbons (Fsp3) is 0.167. The second kappa shape index (κ2) is 6.95. The number of carbonyl (C=O) groups excluding carboxylic acids is 1. The molecule has 0 atom stereocenters. The second-order valence-corrected chi connectivity index (χ2v) is 5.30. The molecule has 0 unspecified atom stereocenters. The molecule has 1 aromatic heterocycles. The number of carbonyl (C=O) groups is 1. The number of aromatic amines is 1. The van der Waals surface area contributed by atoms with Gasteiger partial charge in [-0.2, -0.15) is 0 Å². The van der Waals surface area contributed by atoms with Crippen LogP contribution in [-0.4, -0.2) is 22.5 Å². The van der Waals surface area contributed by atoms with Crippen molar-refractivity contribution in [2.45, 2.75) is 13.5 Å². The second-order valence-electron chi connectivity index (χ2n) is 5.30. The van der Waals surface area contributed by atoms with Crippen molar-refractivity contribution in [3.63, 3.8) is 0 Å². The highest BCUT2D eigenvalue weighted by atomic mass is 16.6. The van der Waals surface area contributed by atoms with E-state index in [1.54, 1.807) is 30.3 Å². The normalized spacial score (nSPS) is 10.5. The molecule has 1 heterocycles. The van der Waals surface area contributed by atoms with E-state index in [-0.39, 0.29) is 18.8 Å². The molecule has 0 spiro atoms. The van der Waals surface area contributed by atoms with Crippen LogP contribution in [0.2, 0.25) is 0 Å². The number of para-hydroxylation sites is 1. The van der Waals surface area contributed by atoms with Crippen LogP contribution < -0.4 is 10.3 Å². The molecule has 0 aliphatic heterocycles. The molecule has 0 bridgehead atoms. The average Bonchev–Trinajstić information content (AvgIpc) is 2.58. The molecular formula is C18H16N2O4. The third-order valence-electron chi connectivity index (χ3n) is 3.38. The Morgan fingerprint density at radius 3 is 2.83 bits per heavy atom. The number of ether oxygens (including phenoxy) is 2. The summed E-state index contributed by atoms with van der Waals surface area (Å²) in [4.78, 5) is 30.5. The van der Waals surface area contributed by atoms with Gasteiger partial charge in [0.15, 0.2) is 6.61 Å². The predicted molar refractivity (Wildman–Crippen MR) is 88.8 cm³/mol. The van der Waals surface area contributed by atoms with E-state index in [9.17, 15) is 9.59 Å². The van der Waals surface area contributed by atoms with Gasteiger partial charge in [-0.15, -0.1) is 0 Å². The standard InChI is InChI=1S/C18H16N2O4/c1-12-5-4-6-13(9-12)23-11-17(21)24-10-16-19-15-8-3-2-7-14(15)18(22)20-16/h2-9H,10-11H2,1H3,(H,19,20,22). The van der Waals surface area contributed by atoms with Gasteiger partial charge in [0.25, 0.3) is 5.56 Å². The molecule has 6 nitrogen and oxygen atoms in total. The quantitative estimate of drug-likeness (QED) is 0.729. The number of nitrogens with zero attached hydrogens (tertiary/aromatic N) is 1. The Hall–Kier alpha value is -3.15. The molecule has 1 N–H and O–H groups in total. The van der Waals surface area contributed by atoms with Gasteiger partial charge in [-0.1, -0.05) is 24.3 Å². The number of fused-ring (bicyclic) bond motifs is 1. The van der Waals surface area contributed by atoms with Crippen LogP contribution in [0.25, 0.3) is 10.9 Å². The number of rotatable bonds is 5. The van der Waals surface area contributed by atoms with Gasteiger partial charge in [-0.3, -0.25) is 4.79 Å². The van der Waals surface area contributed by atoms with Crippen LogP contribution in [0.5, 0.6) is 5.75 Å². The molecule has 6 heteroatoms. The molecule has 0 saturated heterocycles. The molecule has 122 valence electrons. The summed E-state index contributed by atoms with van der Waals surface area (Å²) in [5.41, 5.74) is 1.34. The van der Waals surface area contributed by atoms with Gasteiger partial charge in [-0.25, -0.2) is 9.78 Å². The maximum Gasteiger partial charge on any atom is 0.344 e. The molecule has 0 aliphatic carbocycles. The summed E-state index contributed by atoms with van der Waals surface area (Å²) in [7, 11) is 0. The van der Waals surface area contributed by atoms with E-state index >= 15 is 0 Å². The van der Waals surface area contributed by atoms with Crippen LogP contribution >= 0.6 is 0 Å². The highest BCUT2D eigenvalue weighted by Gasteiger charge is 2.08. The summed E-state index contributed by atoms with van der Waals surface area (Å²) in [5.74, 6) is 0.360. The fourth-order valence-corrected chi connectivity index (χ4v) is 2.24. The zero-order valence-electron chi connectivity index (χ0n) is 13.1. The summed E-state index contributed by atoms with van der Waals surface area (Å²) in [6.07, 6.45) is 0. The van der Waals surface area contributed by atoms with Crippen LogP contribution in [0, 0.1) is 6.92 Å². The zero-order chi connectivity index (χ0) is 16.9. The molecule has 2 aromatic carbocycles. The van der Waals surface area contributed by atoms with Gasteiger partial charge in [0.2, 0.25) is 0 Å². The van der Waals surface area contributed by atoms with Gasteiger partial charge in [0.1, 0.15) is 18.2 Å². The minimum absolute atomic E-state index is 0.115. The predicted octanol–water partition coefficient (Wildman–Crippen LogP) is 2.35. The first-order chi connectivity index (χ1) is 11.6. The van der Waals surface area contributed by atoms with Gasteiger partial charge in [0, 0.05) is 0 Å². The lowest BCUT2D eigenvalue weighted by molar-refractivity contribution is -0.147. The smallest absolute Gasteiger partial charge is 0.344 e. The minimum Gasteiger partial charge on any atom is -0.482 e. The number of benzene rings is 2. The summed E-state index contributed by atoms with van der Waals surface area (Å²) in [6, 6.07) is 14.4. The van der Waals surface area contributed by atoms with E-state index < -0.39 is 5.97 Å². The summed E-state index contributed by atoms with van der Waals surface area (Å²) >= 11 is 0. The average molecular weight is 324 g/mol. The van der Waals surface area contributed by atoms with Crippen LogP contribution in [0.15, 0.2) is 53.3 Å². The van der Waals surface area contributed by atoms with Crippen molar-refractivity contribution in [3.05, 3.63) is 70.3 Å². The molecule has 3 rings (SSSR count). The van der Waals surface area contributed by atoms with Crippen LogP contribution in [-0.2, 0) is 16.1 Å². The van der Waals surface area contributed by atoms with Gasteiger partial charge >= 0.3 is 5.97 Å². The monoisotopic (exact) mass is 324 g/mol. The Morgan fingerprint density at radius 1 is 1.17 bits per heavy atom. The van der Waals surface area contributed by atoms with E-state index in [1.165, 1.54) is 0 Å². The van der Waals surface area contributed by atoms with E-state index in [4.69, 9.17) is 9.47 Å². The molecule has 0 amide bonds. The molecule has 0 saturated carbocycles. The highest BCUT2D eigenvalue weighted by molar-refractivity contribution is 5.77. The zero-order valence-corrected chi connectivity index (χ0v) is 13.1. The number of hydrogen-bond donors (Lipinski definition) is 1. The van der Waals surface area contributed by atoms with Crippen molar-refractivity contribution >= 4 is 16.9 Å². The molecule has 24 heavy (non-hydrogen) atoms. The number of esters is 1. The lowest BCUT2D eigenvalue weighted by atomic mass is 10.2. The Balaban J connectivity index is 1.59. The largest absolute Gasteiger partial charge is 0.482 e. The van der Waals surface area contributed by atoms with Crippen LogP contribution in [0.4, 0.5) is 0 Å². The van der Waals surface area contributed by atoms with Crippen molar-refractivity contribution < 1.29 is 14.3 Å². The summed E-state index contributed by atoms with van der Waals surface area (Å²) in [6.45, 7) is 1.62. The third-order valence-corrected chi connectivity index (χ3v) is 3.38. The first kappa shape index (κ1) is 15.7. The third kappa shape index (κ3) is 3.78. The Morgan fingerprint density at radius 2 is 2.00 bits per heavy atom. The molecule has 0 radical (unpaired) electrons. The highest BCUT2D eigenvalue weighted by Crippen LogP contribution is 2.12. The molecule has 3 aromatic rings. The number of nitrogens with one attached hydrogen (secondary N) is 1. The number of aromatic nitrogens is 2. The fourth-order valence-electron chi connectivity index (χ4n) is 2.24. The van der Waals surface area contributed by atoms with E-state index in [2.05, 4.69) is 9.97 Å². The van der Waals surface area contributed by atoms with Gasteiger partial charge in [0.05, 0.1) is 10.9 Å². The maximum absolute atomic E-state index is 11.9. The Bertz CT molecular complexity index is 933. The summed E-state index contributed by atoms with van der Waals surface area (Å²) in [5, 5.41) is 0.496. The van der Waals surface area contributed by atoms with Crippen molar-refractivity contribution in [1.29, 1.82) is 0 Å². The number of hydrogen-bond acceptors (Lipinski definition) is 5. The van der Waals surface area contributed by atoms with Crippen LogP contribution in [0.3, 0.4) is 0 Å². The van der Waals surface area contributed by atoms with E-state index in [0.29, 0.717) is 22.5 Å². The Kier molecular flexibility index (Phi) is 4.56. The lowest BCUT2D eigenvalue weighted by Gasteiger charge is -2.07. The number of aryl methyl sites for hydroxylation is 1. The van der Waals surface area contributed by atoms with Gasteiger partial charge in [-0.05, 0) is 36.8 Å². The van der Waals surface area contributed by atoms with Crippen LogP contribution in [0.1, 0.15) is 11.4 Å². The van der Waals surface area contributed by atoms with E-state index in [0.717, 1.165) is 5.56 Å². The minimum atomic E-state index is -0.535. The Labute approximate surface area is 138 Å². The maximum atomic E-state index is 11.9. The molecule has 0 aliphatic rings. The van der Waals surface area contributed by atoms with Crippen molar-refractivity contribution in [1.82, 2.24) is 9.97 Å². The first-order valence-electron chi connectivity index (χ1n) is 7.45. The summed E-state index contributed by atoms with van der Waals surface area (Å²) < 4.78 is 10.5. The topological polar surface area (TPSA) is 81.3 Å². The van der Waals surface area contributed by atoms with Crippen molar-refractivity contribution in [2.24, 2.45) is 0 Å². The SMILES string of the molecule is Cc1cccc(OCC(=O)OCc2nc3ccccc3c(=O)[nH]2)c1. The lowest BCUT2D eigenvalue weighted by Crippen LogP contribution is -2.18. The number of H-pyrrole nitrogens is 1. The first-order valence-corrected chi connectivity index (χ1v) is 7.45.